The van der Waals surface area contributed by atoms with Crippen molar-refractivity contribution in [2.45, 2.75) is 34.6 Å². The fourth-order valence-electron chi connectivity index (χ4n) is 0.564. The highest BCUT2D eigenvalue weighted by Crippen LogP contribution is 1.97. The molecule has 0 radical (unpaired) electrons. The standard InChI is InChI=1S/C7H13NO.C2H6.CH5N/c1-4-7(6(3)8)9-5-2;2*1-2/h4,8H,5H2,1-3H3;1-2H3;2H2,1H3/b7-4+,8-6?;;. The first-order valence-corrected chi connectivity index (χ1v) is 4.64. The van der Waals surface area contributed by atoms with E-state index in [-0.39, 0.29) is 0 Å². The quantitative estimate of drug-likeness (QED) is 0.528. The van der Waals surface area contributed by atoms with Gasteiger partial charge in [-0.15, -0.1) is 0 Å². The van der Waals surface area contributed by atoms with Gasteiger partial charge in [0.05, 0.1) is 12.3 Å². The lowest BCUT2D eigenvalue weighted by molar-refractivity contribution is 0.248. The normalized spacial score (nSPS) is 8.69. The van der Waals surface area contributed by atoms with Crippen molar-refractivity contribution in [3.63, 3.8) is 0 Å². The van der Waals surface area contributed by atoms with Crippen LogP contribution in [-0.4, -0.2) is 19.4 Å². The van der Waals surface area contributed by atoms with Gasteiger partial charge in [-0.3, -0.25) is 0 Å². The molecule has 0 atom stereocenters. The van der Waals surface area contributed by atoms with Crippen LogP contribution in [0.25, 0.3) is 0 Å². The molecule has 0 saturated heterocycles. The molecule has 0 bridgehead atoms. The van der Waals surface area contributed by atoms with Gasteiger partial charge < -0.3 is 15.9 Å². The molecule has 80 valence electrons. The minimum atomic E-state index is 0.486. The Morgan fingerprint density at radius 3 is 1.85 bits per heavy atom. The van der Waals surface area contributed by atoms with E-state index in [0.717, 1.165) is 0 Å². The lowest BCUT2D eigenvalue weighted by Crippen LogP contribution is -1.99. The number of hydrogen-bond acceptors (Lipinski definition) is 3. The van der Waals surface area contributed by atoms with Crippen LogP contribution in [0.5, 0.6) is 0 Å². The highest BCUT2D eigenvalue weighted by atomic mass is 16.5. The molecular formula is C10H24N2O. The largest absolute Gasteiger partial charge is 0.492 e. The zero-order valence-corrected chi connectivity index (χ0v) is 9.77. The molecule has 0 aliphatic carbocycles. The number of hydrogen-bond donors (Lipinski definition) is 2. The summed E-state index contributed by atoms with van der Waals surface area (Å²) < 4.78 is 5.09. The molecule has 0 aliphatic heterocycles. The van der Waals surface area contributed by atoms with E-state index in [1.54, 1.807) is 13.0 Å². The first kappa shape index (κ1) is 18.1. The molecule has 0 heterocycles. The molecule has 0 unspecified atom stereocenters. The highest BCUT2D eigenvalue weighted by Gasteiger charge is 1.95. The summed E-state index contributed by atoms with van der Waals surface area (Å²) in [6, 6.07) is 0. The van der Waals surface area contributed by atoms with Crippen LogP contribution in [0.2, 0.25) is 0 Å². The molecule has 13 heavy (non-hydrogen) atoms. The fourth-order valence-corrected chi connectivity index (χ4v) is 0.564. The third-order valence-electron chi connectivity index (χ3n) is 0.932. The van der Waals surface area contributed by atoms with E-state index in [0.29, 0.717) is 18.1 Å². The van der Waals surface area contributed by atoms with E-state index in [9.17, 15) is 0 Å². The second-order valence-electron chi connectivity index (χ2n) is 1.71. The van der Waals surface area contributed by atoms with Crippen molar-refractivity contribution in [3.05, 3.63) is 11.8 Å². The predicted octanol–water partition coefficient (Wildman–Crippen LogP) is 2.57. The minimum Gasteiger partial charge on any atom is -0.492 e. The van der Waals surface area contributed by atoms with E-state index in [1.807, 2.05) is 27.7 Å². The molecule has 0 aliphatic rings. The minimum absolute atomic E-state index is 0.486. The SMILES string of the molecule is C/C=C(/OCC)C(C)=N.CC.CN. The Bertz CT molecular complexity index is 131. The number of allylic oxidation sites excluding steroid dienone is 2. The highest BCUT2D eigenvalue weighted by molar-refractivity contribution is 5.93. The van der Waals surface area contributed by atoms with Gasteiger partial charge in [0, 0.05) is 0 Å². The van der Waals surface area contributed by atoms with Gasteiger partial charge in [0.1, 0.15) is 5.76 Å². The van der Waals surface area contributed by atoms with Crippen LogP contribution in [0.15, 0.2) is 11.8 Å². The Morgan fingerprint density at radius 2 is 1.77 bits per heavy atom. The monoisotopic (exact) mass is 188 g/mol. The Morgan fingerprint density at radius 1 is 1.38 bits per heavy atom. The summed E-state index contributed by atoms with van der Waals surface area (Å²) in [5, 5.41) is 7.16. The summed E-state index contributed by atoms with van der Waals surface area (Å²) in [5.41, 5.74) is 4.99. The van der Waals surface area contributed by atoms with Crippen molar-refractivity contribution in [3.8, 4) is 0 Å². The van der Waals surface area contributed by atoms with Gasteiger partial charge in [-0.1, -0.05) is 13.8 Å². The maximum atomic E-state index is 7.16. The molecule has 0 aromatic heterocycles. The van der Waals surface area contributed by atoms with Crippen LogP contribution in [-0.2, 0) is 4.74 Å². The van der Waals surface area contributed by atoms with Crippen molar-refractivity contribution >= 4 is 5.71 Å². The molecule has 0 amide bonds. The average molecular weight is 188 g/mol. The summed E-state index contributed by atoms with van der Waals surface area (Å²) in [6.07, 6.45) is 1.80. The first-order chi connectivity index (χ1) is 6.22. The Hall–Kier alpha value is -0.830. The first-order valence-electron chi connectivity index (χ1n) is 4.64. The summed E-state index contributed by atoms with van der Waals surface area (Å²) >= 11 is 0. The number of ether oxygens (including phenoxy) is 1. The molecule has 0 aromatic carbocycles. The molecule has 0 saturated carbocycles. The van der Waals surface area contributed by atoms with Crippen molar-refractivity contribution < 1.29 is 4.74 Å². The summed E-state index contributed by atoms with van der Waals surface area (Å²) in [7, 11) is 1.50. The summed E-state index contributed by atoms with van der Waals surface area (Å²) in [4.78, 5) is 0. The van der Waals surface area contributed by atoms with Gasteiger partial charge in [0.25, 0.3) is 0 Å². The van der Waals surface area contributed by atoms with Gasteiger partial charge in [-0.05, 0) is 33.9 Å². The number of nitrogens with two attached hydrogens (primary N) is 1. The second kappa shape index (κ2) is 17.3. The third kappa shape index (κ3) is 14.1. The van der Waals surface area contributed by atoms with Crippen molar-refractivity contribution in [2.24, 2.45) is 5.73 Å². The Labute approximate surface area is 82.5 Å². The van der Waals surface area contributed by atoms with Crippen LogP contribution in [0.4, 0.5) is 0 Å². The van der Waals surface area contributed by atoms with Crippen LogP contribution < -0.4 is 5.73 Å². The van der Waals surface area contributed by atoms with E-state index < -0.39 is 0 Å². The molecule has 0 spiro atoms. The number of nitrogens with one attached hydrogen (secondary N) is 1. The third-order valence-corrected chi connectivity index (χ3v) is 0.932. The molecule has 0 fully saturated rings. The van der Waals surface area contributed by atoms with Gasteiger partial charge in [0.15, 0.2) is 0 Å². The van der Waals surface area contributed by atoms with Crippen molar-refractivity contribution in [1.29, 1.82) is 5.41 Å². The second-order valence-corrected chi connectivity index (χ2v) is 1.71. The zero-order chi connectivity index (χ0) is 11.3. The van der Waals surface area contributed by atoms with Crippen LogP contribution >= 0.6 is 0 Å². The zero-order valence-electron chi connectivity index (χ0n) is 9.77. The van der Waals surface area contributed by atoms with Crippen LogP contribution in [0, 0.1) is 5.41 Å². The molecule has 0 aromatic rings. The Kier molecular flexibility index (Phi) is 24.0. The maximum Gasteiger partial charge on any atom is 0.135 e. The lowest BCUT2D eigenvalue weighted by atomic mass is 10.3. The van der Waals surface area contributed by atoms with E-state index in [4.69, 9.17) is 10.1 Å². The summed E-state index contributed by atoms with van der Waals surface area (Å²) in [6.45, 7) is 10.1. The molecule has 3 N–H and O–H groups in total. The van der Waals surface area contributed by atoms with Gasteiger partial charge >= 0.3 is 0 Å². The smallest absolute Gasteiger partial charge is 0.135 e. The molecule has 3 heteroatoms. The fraction of sp³-hybridized carbons (Fsp3) is 0.700. The molecule has 3 nitrogen and oxygen atoms in total. The average Bonchev–Trinajstić information content (AvgIpc) is 2.20. The Balaban J connectivity index is -0.000000218. The van der Waals surface area contributed by atoms with Gasteiger partial charge in [-0.25, -0.2) is 0 Å². The summed E-state index contributed by atoms with van der Waals surface area (Å²) in [5.74, 6) is 0.678. The van der Waals surface area contributed by atoms with Gasteiger partial charge in [-0.2, -0.15) is 0 Å². The van der Waals surface area contributed by atoms with Crippen LogP contribution in [0.1, 0.15) is 34.6 Å². The topological polar surface area (TPSA) is 59.1 Å². The number of rotatable bonds is 3. The maximum absolute atomic E-state index is 7.16. The van der Waals surface area contributed by atoms with E-state index >= 15 is 0 Å². The van der Waals surface area contributed by atoms with E-state index in [2.05, 4.69) is 5.73 Å². The van der Waals surface area contributed by atoms with Gasteiger partial charge in [0.2, 0.25) is 0 Å². The van der Waals surface area contributed by atoms with Crippen LogP contribution in [0.3, 0.4) is 0 Å². The van der Waals surface area contributed by atoms with E-state index in [1.165, 1.54) is 7.05 Å². The van der Waals surface area contributed by atoms with Crippen molar-refractivity contribution in [1.82, 2.24) is 0 Å². The predicted molar refractivity (Wildman–Crippen MR) is 60.2 cm³/mol. The molecule has 0 rings (SSSR count). The molecular weight excluding hydrogens is 164 g/mol. The lowest BCUT2D eigenvalue weighted by Gasteiger charge is -2.03. The van der Waals surface area contributed by atoms with Crippen molar-refractivity contribution in [2.75, 3.05) is 13.7 Å².